The Bertz CT molecular complexity index is 263. The third kappa shape index (κ3) is 3.68. The van der Waals surface area contributed by atoms with Gasteiger partial charge in [-0.1, -0.05) is 6.92 Å². The molecule has 1 atom stereocenters. The first-order valence-electron chi connectivity index (χ1n) is 6.58. The molecule has 0 aliphatic carbocycles. The van der Waals surface area contributed by atoms with Gasteiger partial charge in [0.15, 0.2) is 0 Å². The summed E-state index contributed by atoms with van der Waals surface area (Å²) < 4.78 is 0. The molecule has 1 heterocycles. The van der Waals surface area contributed by atoms with Gasteiger partial charge >= 0.3 is 0 Å². The van der Waals surface area contributed by atoms with Crippen LogP contribution in [0.2, 0.25) is 0 Å². The van der Waals surface area contributed by atoms with Crippen LogP contribution in [-0.2, 0) is 4.79 Å². The lowest BCUT2D eigenvalue weighted by atomic mass is 9.98. The van der Waals surface area contributed by atoms with Crippen molar-refractivity contribution < 1.29 is 4.79 Å². The van der Waals surface area contributed by atoms with Gasteiger partial charge in [-0.05, 0) is 47.3 Å². The number of rotatable bonds is 4. The highest BCUT2D eigenvalue weighted by atomic mass is 16.2. The number of nitrogens with one attached hydrogen (secondary N) is 1. The molecule has 0 aromatic rings. The standard InChI is InChI=1S/C13H27N3O/c1-6-9-16-12(17)11(10-15(4)5)14-8-7-13(16,2)3/h11,14H,6-10H2,1-5H3. The molecular formula is C13H27N3O. The van der Waals surface area contributed by atoms with E-state index in [4.69, 9.17) is 0 Å². The van der Waals surface area contributed by atoms with Crippen LogP contribution < -0.4 is 5.32 Å². The zero-order valence-electron chi connectivity index (χ0n) is 11.9. The molecule has 1 saturated heterocycles. The second-order valence-electron chi connectivity index (χ2n) is 5.82. The van der Waals surface area contributed by atoms with Gasteiger partial charge < -0.3 is 15.1 Å². The summed E-state index contributed by atoms with van der Waals surface area (Å²) >= 11 is 0. The van der Waals surface area contributed by atoms with Crippen LogP contribution in [0.1, 0.15) is 33.6 Å². The summed E-state index contributed by atoms with van der Waals surface area (Å²) in [6.45, 7) is 9.01. The Hall–Kier alpha value is -0.610. The van der Waals surface area contributed by atoms with Gasteiger partial charge in [0, 0.05) is 18.6 Å². The lowest BCUT2D eigenvalue weighted by Crippen LogP contribution is -2.53. The fourth-order valence-corrected chi connectivity index (χ4v) is 2.41. The second-order valence-corrected chi connectivity index (χ2v) is 5.82. The summed E-state index contributed by atoms with van der Waals surface area (Å²) in [4.78, 5) is 16.6. The predicted octanol–water partition coefficient (Wildman–Crippen LogP) is 0.927. The van der Waals surface area contributed by atoms with Gasteiger partial charge in [-0.3, -0.25) is 4.79 Å². The van der Waals surface area contributed by atoms with Gasteiger partial charge in [0.2, 0.25) is 5.91 Å². The first kappa shape index (κ1) is 14.5. The SMILES string of the molecule is CCCN1C(=O)C(CN(C)C)NCCC1(C)C. The van der Waals surface area contributed by atoms with Crippen LogP contribution in [0.3, 0.4) is 0 Å². The summed E-state index contributed by atoms with van der Waals surface area (Å²) in [6.07, 6.45) is 2.03. The molecule has 0 bridgehead atoms. The summed E-state index contributed by atoms with van der Waals surface area (Å²) in [5.74, 6) is 0.253. The largest absolute Gasteiger partial charge is 0.336 e. The van der Waals surface area contributed by atoms with Gasteiger partial charge in [0.05, 0.1) is 6.04 Å². The average molecular weight is 241 g/mol. The van der Waals surface area contributed by atoms with E-state index in [1.807, 2.05) is 14.1 Å². The summed E-state index contributed by atoms with van der Waals surface area (Å²) in [7, 11) is 4.02. The topological polar surface area (TPSA) is 35.6 Å². The smallest absolute Gasteiger partial charge is 0.241 e. The number of hydrogen-bond donors (Lipinski definition) is 1. The highest BCUT2D eigenvalue weighted by Crippen LogP contribution is 2.22. The Labute approximate surface area is 105 Å². The van der Waals surface area contributed by atoms with E-state index in [1.54, 1.807) is 0 Å². The fourth-order valence-electron chi connectivity index (χ4n) is 2.41. The van der Waals surface area contributed by atoms with Crippen LogP contribution in [0.15, 0.2) is 0 Å². The fraction of sp³-hybridized carbons (Fsp3) is 0.923. The van der Waals surface area contributed by atoms with Crippen molar-refractivity contribution >= 4 is 5.91 Å². The highest BCUT2D eigenvalue weighted by molar-refractivity contribution is 5.83. The average Bonchev–Trinajstić information content (AvgIpc) is 2.30. The highest BCUT2D eigenvalue weighted by Gasteiger charge is 2.36. The normalized spacial score (nSPS) is 25.2. The van der Waals surface area contributed by atoms with Crippen molar-refractivity contribution in [2.24, 2.45) is 0 Å². The number of hydrogen-bond acceptors (Lipinski definition) is 3. The molecule has 4 nitrogen and oxygen atoms in total. The molecule has 0 saturated carbocycles. The van der Waals surface area contributed by atoms with Gasteiger partial charge in [0.25, 0.3) is 0 Å². The van der Waals surface area contributed by atoms with Crippen molar-refractivity contribution in [2.75, 3.05) is 33.7 Å². The number of carbonyl (C=O) groups is 1. The lowest BCUT2D eigenvalue weighted by Gasteiger charge is -2.38. The minimum absolute atomic E-state index is 0.0266. The minimum atomic E-state index is -0.0571. The van der Waals surface area contributed by atoms with Crippen LogP contribution in [0.4, 0.5) is 0 Å². The maximum atomic E-state index is 12.5. The van der Waals surface area contributed by atoms with E-state index in [1.165, 1.54) is 0 Å². The van der Waals surface area contributed by atoms with Crippen molar-refractivity contribution in [1.82, 2.24) is 15.1 Å². The molecule has 0 radical (unpaired) electrons. The molecule has 0 aromatic heterocycles. The maximum absolute atomic E-state index is 12.5. The molecule has 1 unspecified atom stereocenters. The van der Waals surface area contributed by atoms with Crippen LogP contribution in [0.25, 0.3) is 0 Å². The number of likely N-dealkylation sites (N-methyl/N-ethyl adjacent to an activating group) is 1. The monoisotopic (exact) mass is 241 g/mol. The molecule has 4 heteroatoms. The van der Waals surface area contributed by atoms with Crippen molar-refractivity contribution in [3.8, 4) is 0 Å². The molecular weight excluding hydrogens is 214 g/mol. The van der Waals surface area contributed by atoms with Crippen LogP contribution in [0.5, 0.6) is 0 Å². The number of carbonyl (C=O) groups excluding carboxylic acids is 1. The third-order valence-corrected chi connectivity index (χ3v) is 3.42. The van der Waals surface area contributed by atoms with E-state index in [0.717, 1.165) is 32.5 Å². The molecule has 1 rings (SSSR count). The van der Waals surface area contributed by atoms with Crippen LogP contribution in [-0.4, -0.2) is 61.0 Å². The quantitative estimate of drug-likeness (QED) is 0.795. The molecule has 0 aromatic carbocycles. The summed E-state index contributed by atoms with van der Waals surface area (Å²) in [6, 6.07) is -0.0571. The molecule has 1 N–H and O–H groups in total. The van der Waals surface area contributed by atoms with Gasteiger partial charge in [-0.2, -0.15) is 0 Å². The van der Waals surface area contributed by atoms with Crippen molar-refractivity contribution in [1.29, 1.82) is 0 Å². The lowest BCUT2D eigenvalue weighted by molar-refractivity contribution is -0.137. The van der Waals surface area contributed by atoms with Gasteiger partial charge in [0.1, 0.15) is 0 Å². The third-order valence-electron chi connectivity index (χ3n) is 3.42. The van der Waals surface area contributed by atoms with E-state index in [0.29, 0.717) is 0 Å². The number of nitrogens with zero attached hydrogens (tertiary/aromatic N) is 2. The zero-order chi connectivity index (χ0) is 13.1. The maximum Gasteiger partial charge on any atom is 0.241 e. The molecule has 100 valence electrons. The van der Waals surface area contributed by atoms with E-state index < -0.39 is 0 Å². The van der Waals surface area contributed by atoms with E-state index in [-0.39, 0.29) is 17.5 Å². The summed E-state index contributed by atoms with van der Waals surface area (Å²) in [5, 5.41) is 3.37. The minimum Gasteiger partial charge on any atom is -0.336 e. The molecule has 1 aliphatic rings. The van der Waals surface area contributed by atoms with E-state index in [2.05, 4.69) is 35.9 Å². The van der Waals surface area contributed by atoms with E-state index in [9.17, 15) is 4.79 Å². The van der Waals surface area contributed by atoms with Gasteiger partial charge in [-0.15, -0.1) is 0 Å². The van der Waals surface area contributed by atoms with Crippen molar-refractivity contribution in [3.63, 3.8) is 0 Å². The van der Waals surface area contributed by atoms with E-state index >= 15 is 0 Å². The molecule has 0 spiro atoms. The number of amides is 1. The Morgan fingerprint density at radius 2 is 2.12 bits per heavy atom. The molecule has 17 heavy (non-hydrogen) atoms. The first-order valence-corrected chi connectivity index (χ1v) is 6.58. The van der Waals surface area contributed by atoms with Crippen LogP contribution >= 0.6 is 0 Å². The molecule has 1 fully saturated rings. The predicted molar refractivity (Wildman–Crippen MR) is 71.0 cm³/mol. The van der Waals surface area contributed by atoms with Crippen LogP contribution in [0, 0.1) is 0 Å². The molecule has 1 amide bonds. The molecule has 1 aliphatic heterocycles. The second kappa shape index (κ2) is 5.83. The Morgan fingerprint density at radius 1 is 1.47 bits per heavy atom. The van der Waals surface area contributed by atoms with Gasteiger partial charge in [-0.25, -0.2) is 0 Å². The Balaban J connectivity index is 2.83. The van der Waals surface area contributed by atoms with Crippen molar-refractivity contribution in [3.05, 3.63) is 0 Å². The first-order chi connectivity index (χ1) is 7.88. The van der Waals surface area contributed by atoms with Crippen molar-refractivity contribution in [2.45, 2.75) is 45.2 Å². The Kier molecular flexibility index (Phi) is 4.95. The zero-order valence-corrected chi connectivity index (χ0v) is 11.9. The summed E-state index contributed by atoms with van der Waals surface area (Å²) in [5.41, 5.74) is -0.0266. The Morgan fingerprint density at radius 3 is 2.65 bits per heavy atom.